The summed E-state index contributed by atoms with van der Waals surface area (Å²) in [5.41, 5.74) is 0.228. The Balaban J connectivity index is 1.93. The number of anilines is 2. The fourth-order valence-corrected chi connectivity index (χ4v) is 1.54. The number of aryl methyl sites for hydroxylation is 1. The number of amides is 1. The Morgan fingerprint density at radius 1 is 1.30 bits per heavy atom. The maximum absolute atomic E-state index is 11.9. The van der Waals surface area contributed by atoms with E-state index >= 15 is 0 Å². The van der Waals surface area contributed by atoms with E-state index in [9.17, 15) is 4.79 Å². The van der Waals surface area contributed by atoms with Crippen molar-refractivity contribution in [3.63, 3.8) is 0 Å². The minimum Gasteiger partial charge on any atom is -0.369 e. The molecule has 0 bridgehead atoms. The van der Waals surface area contributed by atoms with Gasteiger partial charge in [-0.15, -0.1) is 0 Å². The molecule has 20 heavy (non-hydrogen) atoms. The van der Waals surface area contributed by atoms with E-state index in [1.807, 2.05) is 0 Å². The molecule has 7 heteroatoms. The Morgan fingerprint density at radius 3 is 2.75 bits per heavy atom. The van der Waals surface area contributed by atoms with Crippen molar-refractivity contribution in [1.82, 2.24) is 15.1 Å². The number of hydrogen-bond donors (Lipinski definition) is 2. The Bertz CT molecular complexity index is 564. The average molecular weight is 275 g/mol. The molecule has 0 saturated heterocycles. The maximum atomic E-state index is 11.9. The molecule has 2 aromatic heterocycles. The van der Waals surface area contributed by atoms with Crippen molar-refractivity contribution in [3.05, 3.63) is 29.9 Å². The van der Waals surface area contributed by atoms with E-state index in [4.69, 9.17) is 4.52 Å². The highest BCUT2D eigenvalue weighted by Crippen LogP contribution is 2.09. The third kappa shape index (κ3) is 3.78. The summed E-state index contributed by atoms with van der Waals surface area (Å²) in [5.74, 6) is 1.28. The number of nitrogens with one attached hydrogen (secondary N) is 2. The van der Waals surface area contributed by atoms with E-state index < -0.39 is 0 Å². The largest absolute Gasteiger partial charge is 0.369 e. The highest BCUT2D eigenvalue weighted by Gasteiger charge is 2.10. The number of nitrogens with zero attached hydrogens (tertiary/aromatic N) is 3. The smallest absolute Gasteiger partial charge is 0.277 e. The molecule has 106 valence electrons. The SMILES string of the molecule is CCCCNc1cnc(C(=O)Nc2cc(C)on2)cn1. The molecule has 2 N–H and O–H groups in total. The lowest BCUT2D eigenvalue weighted by Gasteiger charge is -2.04. The first-order valence-electron chi connectivity index (χ1n) is 6.49. The van der Waals surface area contributed by atoms with Gasteiger partial charge in [0.2, 0.25) is 0 Å². The van der Waals surface area contributed by atoms with Crippen LogP contribution in [-0.2, 0) is 0 Å². The number of carbonyl (C=O) groups is 1. The van der Waals surface area contributed by atoms with Gasteiger partial charge in [-0.05, 0) is 13.3 Å². The summed E-state index contributed by atoms with van der Waals surface area (Å²) in [6.45, 7) is 4.71. The number of rotatable bonds is 6. The minimum atomic E-state index is -0.370. The van der Waals surface area contributed by atoms with E-state index in [-0.39, 0.29) is 11.6 Å². The van der Waals surface area contributed by atoms with E-state index in [2.05, 4.69) is 32.7 Å². The van der Waals surface area contributed by atoms with Crippen LogP contribution in [0, 0.1) is 6.92 Å². The summed E-state index contributed by atoms with van der Waals surface area (Å²) in [7, 11) is 0. The standard InChI is InChI=1S/C13H17N5O2/c1-3-4-5-14-12-8-15-10(7-16-12)13(19)17-11-6-9(2)20-18-11/h6-8H,3-5H2,1-2H3,(H,14,16)(H,17,18,19). The quantitative estimate of drug-likeness (QED) is 0.785. The highest BCUT2D eigenvalue weighted by molar-refractivity contribution is 6.02. The lowest BCUT2D eigenvalue weighted by molar-refractivity contribution is 0.102. The van der Waals surface area contributed by atoms with Gasteiger partial charge in [0.1, 0.15) is 17.3 Å². The van der Waals surface area contributed by atoms with Crippen molar-refractivity contribution in [3.8, 4) is 0 Å². The third-order valence-electron chi connectivity index (χ3n) is 2.59. The van der Waals surface area contributed by atoms with Crippen LogP contribution in [0.2, 0.25) is 0 Å². The fraction of sp³-hybridized carbons (Fsp3) is 0.385. The van der Waals surface area contributed by atoms with Crippen molar-refractivity contribution in [2.45, 2.75) is 26.7 Å². The summed E-state index contributed by atoms with van der Waals surface area (Å²) < 4.78 is 4.86. The Morgan fingerprint density at radius 2 is 2.15 bits per heavy atom. The first kappa shape index (κ1) is 14.0. The molecule has 0 aromatic carbocycles. The molecule has 7 nitrogen and oxygen atoms in total. The zero-order chi connectivity index (χ0) is 14.4. The van der Waals surface area contributed by atoms with Crippen molar-refractivity contribution >= 4 is 17.5 Å². The molecule has 0 aliphatic rings. The molecule has 1 amide bonds. The second-order valence-corrected chi connectivity index (χ2v) is 4.34. The molecule has 0 saturated carbocycles. The number of aromatic nitrogens is 3. The lowest BCUT2D eigenvalue weighted by Crippen LogP contribution is -2.14. The molecule has 2 aromatic rings. The summed E-state index contributed by atoms with van der Waals surface area (Å²) in [5, 5.41) is 9.40. The second kappa shape index (κ2) is 6.65. The molecular formula is C13H17N5O2. The molecule has 0 fully saturated rings. The third-order valence-corrected chi connectivity index (χ3v) is 2.59. The summed E-state index contributed by atoms with van der Waals surface area (Å²) in [4.78, 5) is 20.1. The Hall–Kier alpha value is -2.44. The monoisotopic (exact) mass is 275 g/mol. The van der Waals surface area contributed by atoms with Gasteiger partial charge in [-0.1, -0.05) is 18.5 Å². The molecule has 0 aliphatic carbocycles. The van der Waals surface area contributed by atoms with Gasteiger partial charge in [-0.2, -0.15) is 0 Å². The van der Waals surface area contributed by atoms with Crippen LogP contribution in [0.5, 0.6) is 0 Å². The number of carbonyl (C=O) groups excluding carboxylic acids is 1. The topological polar surface area (TPSA) is 92.9 Å². The van der Waals surface area contributed by atoms with Crippen LogP contribution in [0.3, 0.4) is 0 Å². The first-order valence-corrected chi connectivity index (χ1v) is 6.49. The maximum Gasteiger partial charge on any atom is 0.277 e. The molecule has 0 unspecified atom stereocenters. The Kier molecular flexibility index (Phi) is 4.65. The Labute approximate surface area is 116 Å². The summed E-state index contributed by atoms with van der Waals surface area (Å²) >= 11 is 0. The van der Waals surface area contributed by atoms with Crippen LogP contribution in [0.4, 0.5) is 11.6 Å². The van der Waals surface area contributed by atoms with Crippen molar-refractivity contribution in [2.24, 2.45) is 0 Å². The van der Waals surface area contributed by atoms with E-state index in [0.717, 1.165) is 19.4 Å². The average Bonchev–Trinajstić information content (AvgIpc) is 2.85. The highest BCUT2D eigenvalue weighted by atomic mass is 16.5. The zero-order valence-electron chi connectivity index (χ0n) is 11.5. The lowest BCUT2D eigenvalue weighted by atomic mass is 10.3. The molecule has 0 radical (unpaired) electrons. The molecule has 2 rings (SSSR count). The molecule has 2 heterocycles. The first-order chi connectivity index (χ1) is 9.69. The normalized spacial score (nSPS) is 10.3. The van der Waals surface area contributed by atoms with E-state index in [1.54, 1.807) is 19.2 Å². The molecular weight excluding hydrogens is 258 g/mol. The van der Waals surface area contributed by atoms with Gasteiger partial charge in [0.05, 0.1) is 12.4 Å². The van der Waals surface area contributed by atoms with Crippen LogP contribution >= 0.6 is 0 Å². The number of hydrogen-bond acceptors (Lipinski definition) is 6. The molecule has 0 aliphatic heterocycles. The predicted octanol–water partition coefficient (Wildman–Crippen LogP) is 2.24. The van der Waals surface area contributed by atoms with Crippen molar-refractivity contribution in [1.29, 1.82) is 0 Å². The predicted molar refractivity (Wildman–Crippen MR) is 74.6 cm³/mol. The van der Waals surface area contributed by atoms with Gasteiger partial charge in [0, 0.05) is 12.6 Å². The van der Waals surface area contributed by atoms with E-state index in [0.29, 0.717) is 17.4 Å². The van der Waals surface area contributed by atoms with Gasteiger partial charge in [-0.25, -0.2) is 9.97 Å². The van der Waals surface area contributed by atoms with Gasteiger partial charge in [0.15, 0.2) is 5.82 Å². The van der Waals surface area contributed by atoms with Gasteiger partial charge in [-0.3, -0.25) is 4.79 Å². The van der Waals surface area contributed by atoms with Crippen LogP contribution in [0.15, 0.2) is 23.0 Å². The van der Waals surface area contributed by atoms with E-state index in [1.165, 1.54) is 6.20 Å². The van der Waals surface area contributed by atoms with Crippen LogP contribution in [0.25, 0.3) is 0 Å². The second-order valence-electron chi connectivity index (χ2n) is 4.34. The van der Waals surface area contributed by atoms with Crippen LogP contribution in [0.1, 0.15) is 36.0 Å². The van der Waals surface area contributed by atoms with Gasteiger partial charge in [0.25, 0.3) is 5.91 Å². The van der Waals surface area contributed by atoms with Crippen LogP contribution < -0.4 is 10.6 Å². The summed E-state index contributed by atoms with van der Waals surface area (Å²) in [6.07, 6.45) is 5.14. The zero-order valence-corrected chi connectivity index (χ0v) is 11.5. The number of unbranched alkanes of at least 4 members (excludes halogenated alkanes) is 1. The minimum absolute atomic E-state index is 0.228. The molecule has 0 atom stereocenters. The van der Waals surface area contributed by atoms with Crippen LogP contribution in [-0.4, -0.2) is 27.6 Å². The van der Waals surface area contributed by atoms with Gasteiger partial charge < -0.3 is 15.2 Å². The van der Waals surface area contributed by atoms with Gasteiger partial charge >= 0.3 is 0 Å². The summed E-state index contributed by atoms with van der Waals surface area (Å²) in [6, 6.07) is 1.63. The van der Waals surface area contributed by atoms with Crippen molar-refractivity contribution < 1.29 is 9.32 Å². The van der Waals surface area contributed by atoms with Crippen molar-refractivity contribution in [2.75, 3.05) is 17.2 Å². The molecule has 0 spiro atoms. The fourth-order valence-electron chi connectivity index (χ4n) is 1.54.